The van der Waals surface area contributed by atoms with Crippen LogP contribution in [0.2, 0.25) is 0 Å². The van der Waals surface area contributed by atoms with Crippen LogP contribution in [-0.2, 0) is 14.8 Å². The predicted molar refractivity (Wildman–Crippen MR) is 114 cm³/mol. The quantitative estimate of drug-likeness (QED) is 0.631. The number of thioether (sulfide) groups is 1. The van der Waals surface area contributed by atoms with Gasteiger partial charge in [0.15, 0.2) is 0 Å². The lowest BCUT2D eigenvalue weighted by molar-refractivity contribution is -0.116. The van der Waals surface area contributed by atoms with Crippen molar-refractivity contribution in [1.29, 1.82) is 0 Å². The summed E-state index contributed by atoms with van der Waals surface area (Å²) in [6.45, 7) is 4.25. The van der Waals surface area contributed by atoms with Crippen LogP contribution in [0.25, 0.3) is 0 Å². The fraction of sp³-hybridized carbons (Fsp3) is 0.350. The van der Waals surface area contributed by atoms with Crippen molar-refractivity contribution in [3.63, 3.8) is 0 Å². The third-order valence-electron chi connectivity index (χ3n) is 3.92. The van der Waals surface area contributed by atoms with Crippen molar-refractivity contribution >= 4 is 39.1 Å². The predicted octanol–water partition coefficient (Wildman–Crippen LogP) is 4.29. The Kier molecular flexibility index (Phi) is 7.74. The Morgan fingerprint density at radius 1 is 1.15 bits per heavy atom. The highest BCUT2D eigenvalue weighted by Crippen LogP contribution is 2.27. The Morgan fingerprint density at radius 2 is 1.89 bits per heavy atom. The number of nitrogens with one attached hydrogen (secondary N) is 1. The van der Waals surface area contributed by atoms with E-state index < -0.39 is 10.0 Å². The van der Waals surface area contributed by atoms with Crippen LogP contribution in [0, 0.1) is 6.92 Å². The third-order valence-corrected chi connectivity index (χ3v) is 6.07. The van der Waals surface area contributed by atoms with Crippen molar-refractivity contribution in [3.8, 4) is 0 Å². The second-order valence-corrected chi connectivity index (χ2v) is 9.47. The number of amides is 1. The van der Waals surface area contributed by atoms with E-state index in [1.54, 1.807) is 17.8 Å². The van der Waals surface area contributed by atoms with Crippen LogP contribution >= 0.6 is 11.8 Å². The number of nitrogens with zero attached hydrogens (tertiary/aromatic N) is 1. The van der Waals surface area contributed by atoms with Crippen LogP contribution in [0.4, 0.5) is 11.4 Å². The monoisotopic (exact) mass is 406 g/mol. The van der Waals surface area contributed by atoms with Gasteiger partial charge in [-0.25, -0.2) is 8.42 Å². The van der Waals surface area contributed by atoms with Crippen LogP contribution in [0.1, 0.15) is 25.3 Å². The Morgan fingerprint density at radius 3 is 2.56 bits per heavy atom. The van der Waals surface area contributed by atoms with Gasteiger partial charge in [-0.1, -0.05) is 31.2 Å². The van der Waals surface area contributed by atoms with E-state index in [9.17, 15) is 13.2 Å². The maximum Gasteiger partial charge on any atom is 0.232 e. The largest absolute Gasteiger partial charge is 0.325 e. The number of sulfonamides is 1. The van der Waals surface area contributed by atoms with E-state index >= 15 is 0 Å². The first-order valence-corrected chi connectivity index (χ1v) is 11.7. The molecule has 0 fully saturated rings. The van der Waals surface area contributed by atoms with Crippen molar-refractivity contribution in [1.82, 2.24) is 0 Å². The van der Waals surface area contributed by atoms with E-state index in [1.165, 1.54) is 10.6 Å². The number of carbonyl (C=O) groups is 1. The summed E-state index contributed by atoms with van der Waals surface area (Å²) >= 11 is 1.67. The molecular weight excluding hydrogens is 380 g/mol. The molecule has 2 aromatic carbocycles. The number of para-hydroxylation sites is 1. The van der Waals surface area contributed by atoms with Gasteiger partial charge in [0.25, 0.3) is 0 Å². The number of rotatable bonds is 9. The molecule has 0 aromatic heterocycles. The first kappa shape index (κ1) is 21.3. The lowest BCUT2D eigenvalue weighted by atomic mass is 10.2. The average molecular weight is 407 g/mol. The summed E-state index contributed by atoms with van der Waals surface area (Å²) in [5, 5.41) is 2.93. The molecule has 0 bridgehead atoms. The summed E-state index contributed by atoms with van der Waals surface area (Å²) in [6.07, 6.45) is 1.88. The Labute approximate surface area is 166 Å². The van der Waals surface area contributed by atoms with Gasteiger partial charge in [-0.3, -0.25) is 9.10 Å². The van der Waals surface area contributed by atoms with Gasteiger partial charge in [0.2, 0.25) is 15.9 Å². The molecule has 0 aliphatic carbocycles. The molecule has 0 unspecified atom stereocenters. The van der Waals surface area contributed by atoms with Crippen molar-refractivity contribution in [2.75, 3.05) is 28.2 Å². The van der Waals surface area contributed by atoms with Crippen LogP contribution in [0.5, 0.6) is 0 Å². The first-order chi connectivity index (χ1) is 12.8. The average Bonchev–Trinajstić information content (AvgIpc) is 2.59. The Balaban J connectivity index is 1.98. The molecule has 0 aliphatic rings. The summed E-state index contributed by atoms with van der Waals surface area (Å²) in [4.78, 5) is 13.3. The highest BCUT2D eigenvalue weighted by Gasteiger charge is 2.17. The van der Waals surface area contributed by atoms with Crippen molar-refractivity contribution < 1.29 is 13.2 Å². The molecule has 0 saturated carbocycles. The van der Waals surface area contributed by atoms with Gasteiger partial charge >= 0.3 is 0 Å². The molecule has 2 rings (SSSR count). The highest BCUT2D eigenvalue weighted by molar-refractivity contribution is 7.99. The summed E-state index contributed by atoms with van der Waals surface area (Å²) in [5.74, 6) is 0.809. The summed E-state index contributed by atoms with van der Waals surface area (Å²) in [7, 11) is -3.41. The lowest BCUT2D eigenvalue weighted by Gasteiger charge is -2.22. The first-order valence-electron chi connectivity index (χ1n) is 8.87. The Bertz CT molecular complexity index is 882. The second-order valence-electron chi connectivity index (χ2n) is 6.26. The molecule has 1 amide bonds. The fourth-order valence-electron chi connectivity index (χ4n) is 2.72. The molecule has 7 heteroatoms. The van der Waals surface area contributed by atoms with Gasteiger partial charge in [0, 0.05) is 17.9 Å². The Hall–Kier alpha value is -1.99. The lowest BCUT2D eigenvalue weighted by Crippen LogP contribution is -2.31. The van der Waals surface area contributed by atoms with Crippen LogP contribution in [0.15, 0.2) is 53.4 Å². The van der Waals surface area contributed by atoms with Crippen LogP contribution in [0.3, 0.4) is 0 Å². The van der Waals surface area contributed by atoms with Gasteiger partial charge in [0.1, 0.15) is 0 Å². The van der Waals surface area contributed by atoms with Crippen molar-refractivity contribution in [2.45, 2.75) is 31.6 Å². The number of aryl methyl sites for hydroxylation is 1. The maximum absolute atomic E-state index is 12.3. The summed E-state index contributed by atoms with van der Waals surface area (Å²) in [6, 6.07) is 15.0. The fourth-order valence-corrected chi connectivity index (χ4v) is 4.43. The number of hydrogen-bond donors (Lipinski definition) is 1. The molecule has 0 atom stereocenters. The van der Waals surface area contributed by atoms with Crippen molar-refractivity contribution in [3.05, 3.63) is 54.1 Å². The van der Waals surface area contributed by atoms with E-state index in [2.05, 4.69) is 12.2 Å². The number of hydrogen-bond acceptors (Lipinski definition) is 4. The van der Waals surface area contributed by atoms with Gasteiger partial charge in [-0.05, 0) is 48.9 Å². The minimum absolute atomic E-state index is 0.114. The second kappa shape index (κ2) is 9.80. The molecule has 146 valence electrons. The molecule has 0 radical (unpaired) electrons. The third kappa shape index (κ3) is 6.59. The van der Waals surface area contributed by atoms with E-state index in [-0.39, 0.29) is 18.9 Å². The SMILES string of the molecule is CCSc1ccccc1NC(=O)CCCN(c1cccc(C)c1)S(C)(=O)=O. The van der Waals surface area contributed by atoms with Gasteiger partial charge < -0.3 is 5.32 Å². The summed E-state index contributed by atoms with van der Waals surface area (Å²) < 4.78 is 25.7. The van der Waals surface area contributed by atoms with Gasteiger partial charge in [-0.2, -0.15) is 0 Å². The van der Waals surface area contributed by atoms with E-state index in [0.29, 0.717) is 12.1 Å². The van der Waals surface area contributed by atoms with E-state index in [4.69, 9.17) is 0 Å². The molecule has 0 aliphatic heterocycles. The summed E-state index contributed by atoms with van der Waals surface area (Å²) in [5.41, 5.74) is 2.42. The van der Waals surface area contributed by atoms with E-state index in [1.807, 2.05) is 49.4 Å². The molecule has 27 heavy (non-hydrogen) atoms. The van der Waals surface area contributed by atoms with Gasteiger partial charge in [-0.15, -0.1) is 11.8 Å². The highest BCUT2D eigenvalue weighted by atomic mass is 32.2. The molecular formula is C20H26N2O3S2. The standard InChI is InChI=1S/C20H26N2O3S2/c1-4-26-19-12-6-5-11-18(19)21-20(23)13-8-14-22(27(3,24)25)17-10-7-9-16(2)15-17/h5-7,9-12,15H,4,8,13-14H2,1-3H3,(H,21,23). The zero-order chi connectivity index (χ0) is 19.9. The minimum Gasteiger partial charge on any atom is -0.325 e. The molecule has 0 saturated heterocycles. The number of benzene rings is 2. The van der Waals surface area contributed by atoms with Crippen LogP contribution < -0.4 is 9.62 Å². The zero-order valence-electron chi connectivity index (χ0n) is 15.9. The molecule has 0 heterocycles. The van der Waals surface area contributed by atoms with Crippen LogP contribution in [-0.4, -0.2) is 32.9 Å². The number of carbonyl (C=O) groups excluding carboxylic acids is 1. The molecule has 2 aromatic rings. The molecule has 5 nitrogen and oxygen atoms in total. The smallest absolute Gasteiger partial charge is 0.232 e. The molecule has 0 spiro atoms. The van der Waals surface area contributed by atoms with Gasteiger partial charge in [0.05, 0.1) is 17.6 Å². The van der Waals surface area contributed by atoms with Crippen molar-refractivity contribution in [2.24, 2.45) is 0 Å². The minimum atomic E-state index is -3.41. The zero-order valence-corrected chi connectivity index (χ0v) is 17.6. The molecule has 1 N–H and O–H groups in total. The van der Waals surface area contributed by atoms with E-state index in [0.717, 1.165) is 21.9 Å². The topological polar surface area (TPSA) is 66.5 Å². The number of anilines is 2. The normalized spacial score (nSPS) is 11.2. The maximum atomic E-state index is 12.3.